The molecule has 0 unspecified atom stereocenters. The Kier molecular flexibility index (Phi) is 6.70. The molecule has 9 heteroatoms. The number of carbonyl (C=O) groups excluding carboxylic acids is 2. The van der Waals surface area contributed by atoms with Crippen molar-refractivity contribution in [2.45, 2.75) is 32.4 Å². The van der Waals surface area contributed by atoms with Gasteiger partial charge in [-0.1, -0.05) is 23.4 Å². The molecule has 1 aliphatic heterocycles. The Morgan fingerprint density at radius 1 is 1.14 bits per heavy atom. The number of aromatic nitrogens is 2. The third-order valence-corrected chi connectivity index (χ3v) is 7.49. The molecule has 1 aromatic carbocycles. The summed E-state index contributed by atoms with van der Waals surface area (Å²) in [5.41, 5.74) is 2.36. The SMILES string of the molecule is CNC(=O)CN1CCC(NC(=O)c2cc3ccccc3n2Cc2cc(-c3ccc(C)s3)on2)CC1. The lowest BCUT2D eigenvalue weighted by Crippen LogP contribution is -2.47. The van der Waals surface area contributed by atoms with E-state index in [1.807, 2.05) is 47.0 Å². The molecule has 182 valence electrons. The molecule has 2 N–H and O–H groups in total. The van der Waals surface area contributed by atoms with Gasteiger partial charge in [-0.05, 0) is 44.0 Å². The van der Waals surface area contributed by atoms with Gasteiger partial charge >= 0.3 is 0 Å². The quantitative estimate of drug-likeness (QED) is 0.412. The van der Waals surface area contributed by atoms with E-state index in [1.54, 1.807) is 18.4 Å². The molecule has 0 aliphatic carbocycles. The number of piperidine rings is 1. The fraction of sp³-hybridized carbons (Fsp3) is 0.346. The van der Waals surface area contributed by atoms with Crippen LogP contribution >= 0.6 is 11.3 Å². The minimum atomic E-state index is -0.0939. The summed E-state index contributed by atoms with van der Waals surface area (Å²) >= 11 is 1.67. The van der Waals surface area contributed by atoms with Crippen molar-refractivity contribution in [1.82, 2.24) is 25.3 Å². The fourth-order valence-corrected chi connectivity index (χ4v) is 5.39. The van der Waals surface area contributed by atoms with E-state index in [4.69, 9.17) is 4.52 Å². The second-order valence-electron chi connectivity index (χ2n) is 8.96. The Morgan fingerprint density at radius 2 is 1.94 bits per heavy atom. The number of nitrogens with zero attached hydrogens (tertiary/aromatic N) is 3. The lowest BCUT2D eigenvalue weighted by molar-refractivity contribution is -0.122. The average Bonchev–Trinajstić information content (AvgIpc) is 3.59. The first-order chi connectivity index (χ1) is 17.0. The Bertz CT molecular complexity index is 1350. The van der Waals surface area contributed by atoms with Crippen LogP contribution in [0.3, 0.4) is 0 Å². The molecule has 1 aliphatic rings. The predicted octanol–water partition coefficient (Wildman–Crippen LogP) is 3.65. The van der Waals surface area contributed by atoms with Crippen molar-refractivity contribution in [2.24, 2.45) is 0 Å². The van der Waals surface area contributed by atoms with Gasteiger partial charge in [0.25, 0.3) is 5.91 Å². The lowest BCUT2D eigenvalue weighted by atomic mass is 10.0. The van der Waals surface area contributed by atoms with Gasteiger partial charge in [-0.25, -0.2) is 0 Å². The van der Waals surface area contributed by atoms with E-state index in [-0.39, 0.29) is 17.9 Å². The largest absolute Gasteiger partial charge is 0.358 e. The highest BCUT2D eigenvalue weighted by Gasteiger charge is 2.24. The second kappa shape index (κ2) is 10.1. The number of aryl methyl sites for hydroxylation is 1. The van der Waals surface area contributed by atoms with Crippen molar-refractivity contribution in [3.8, 4) is 10.6 Å². The van der Waals surface area contributed by atoms with E-state index in [0.717, 1.165) is 53.2 Å². The van der Waals surface area contributed by atoms with Crippen LogP contribution < -0.4 is 10.6 Å². The summed E-state index contributed by atoms with van der Waals surface area (Å²) in [6.45, 7) is 4.47. The Labute approximate surface area is 207 Å². The van der Waals surface area contributed by atoms with E-state index in [9.17, 15) is 9.59 Å². The number of thiophene rings is 1. The van der Waals surface area contributed by atoms with Crippen LogP contribution in [-0.4, -0.2) is 59.2 Å². The molecule has 4 aromatic rings. The smallest absolute Gasteiger partial charge is 0.268 e. The summed E-state index contributed by atoms with van der Waals surface area (Å²) in [5.74, 6) is 0.662. The van der Waals surface area contributed by atoms with Gasteiger partial charge in [0, 0.05) is 48.0 Å². The van der Waals surface area contributed by atoms with Gasteiger partial charge in [-0.2, -0.15) is 0 Å². The number of nitrogens with one attached hydrogen (secondary N) is 2. The highest BCUT2D eigenvalue weighted by Crippen LogP contribution is 2.29. The molecule has 8 nitrogen and oxygen atoms in total. The zero-order chi connectivity index (χ0) is 24.4. The van der Waals surface area contributed by atoms with Gasteiger partial charge in [-0.15, -0.1) is 11.3 Å². The van der Waals surface area contributed by atoms with Crippen LogP contribution in [0.25, 0.3) is 21.5 Å². The molecular weight excluding hydrogens is 462 g/mol. The number of amides is 2. The first-order valence-electron chi connectivity index (χ1n) is 11.8. The summed E-state index contributed by atoms with van der Waals surface area (Å²) in [7, 11) is 1.65. The number of fused-ring (bicyclic) bond motifs is 1. The number of carbonyl (C=O) groups is 2. The van der Waals surface area contributed by atoms with Gasteiger partial charge < -0.3 is 19.7 Å². The van der Waals surface area contributed by atoms with E-state index >= 15 is 0 Å². The fourth-order valence-electron chi connectivity index (χ4n) is 4.58. The van der Waals surface area contributed by atoms with Gasteiger partial charge in [-0.3, -0.25) is 14.5 Å². The first kappa shape index (κ1) is 23.3. The van der Waals surface area contributed by atoms with Crippen molar-refractivity contribution < 1.29 is 14.1 Å². The van der Waals surface area contributed by atoms with E-state index in [2.05, 4.69) is 33.7 Å². The van der Waals surface area contributed by atoms with Gasteiger partial charge in [0.2, 0.25) is 5.91 Å². The number of likely N-dealkylation sites (tertiary alicyclic amines) is 1. The first-order valence-corrected chi connectivity index (χ1v) is 12.7. The van der Waals surface area contributed by atoms with Crippen molar-refractivity contribution in [2.75, 3.05) is 26.7 Å². The summed E-state index contributed by atoms with van der Waals surface area (Å²) < 4.78 is 7.61. The molecule has 1 fully saturated rings. The molecule has 2 amide bonds. The van der Waals surface area contributed by atoms with Gasteiger partial charge in [0.1, 0.15) is 11.4 Å². The third-order valence-electron chi connectivity index (χ3n) is 6.47. The summed E-state index contributed by atoms with van der Waals surface area (Å²) in [4.78, 5) is 29.4. The number of hydrogen-bond acceptors (Lipinski definition) is 6. The highest BCUT2D eigenvalue weighted by atomic mass is 32.1. The minimum absolute atomic E-state index is 0.0160. The Balaban J connectivity index is 1.32. The molecule has 4 heterocycles. The van der Waals surface area contributed by atoms with Crippen molar-refractivity contribution in [1.29, 1.82) is 0 Å². The van der Waals surface area contributed by atoms with Crippen LogP contribution in [0.2, 0.25) is 0 Å². The minimum Gasteiger partial charge on any atom is -0.358 e. The van der Waals surface area contributed by atoms with Crippen molar-refractivity contribution in [3.63, 3.8) is 0 Å². The van der Waals surface area contributed by atoms with Gasteiger partial charge in [0.05, 0.1) is 18.0 Å². The van der Waals surface area contributed by atoms with E-state index in [1.165, 1.54) is 4.88 Å². The van der Waals surface area contributed by atoms with Crippen LogP contribution in [0.5, 0.6) is 0 Å². The number of likely N-dealkylation sites (N-methyl/N-ethyl adjacent to an activating group) is 1. The topological polar surface area (TPSA) is 92.4 Å². The Morgan fingerprint density at radius 3 is 2.69 bits per heavy atom. The number of benzene rings is 1. The average molecular weight is 492 g/mol. The third kappa shape index (κ3) is 5.16. The lowest BCUT2D eigenvalue weighted by Gasteiger charge is -2.31. The molecule has 3 aromatic heterocycles. The van der Waals surface area contributed by atoms with Crippen LogP contribution in [0, 0.1) is 6.92 Å². The maximum atomic E-state index is 13.4. The van der Waals surface area contributed by atoms with E-state index in [0.29, 0.717) is 18.8 Å². The predicted molar refractivity (Wildman–Crippen MR) is 137 cm³/mol. The summed E-state index contributed by atoms with van der Waals surface area (Å²) in [6.07, 6.45) is 1.63. The van der Waals surface area contributed by atoms with Crippen LogP contribution in [0.15, 0.2) is 53.1 Å². The summed E-state index contributed by atoms with van der Waals surface area (Å²) in [6, 6.07) is 16.1. The number of rotatable bonds is 7. The summed E-state index contributed by atoms with van der Waals surface area (Å²) in [5, 5.41) is 11.2. The number of hydrogen-bond donors (Lipinski definition) is 2. The molecular formula is C26H29N5O3S. The highest BCUT2D eigenvalue weighted by molar-refractivity contribution is 7.15. The van der Waals surface area contributed by atoms with Crippen LogP contribution in [-0.2, 0) is 11.3 Å². The molecule has 1 saturated heterocycles. The Hall–Kier alpha value is -3.43. The zero-order valence-electron chi connectivity index (χ0n) is 19.9. The maximum absolute atomic E-state index is 13.4. The van der Waals surface area contributed by atoms with Crippen molar-refractivity contribution in [3.05, 3.63) is 64.8 Å². The van der Waals surface area contributed by atoms with Crippen molar-refractivity contribution >= 4 is 34.1 Å². The molecule has 5 rings (SSSR count). The van der Waals surface area contributed by atoms with Crippen LogP contribution in [0.1, 0.15) is 33.9 Å². The maximum Gasteiger partial charge on any atom is 0.268 e. The van der Waals surface area contributed by atoms with Crippen LogP contribution in [0.4, 0.5) is 0 Å². The molecule has 0 spiro atoms. The van der Waals surface area contributed by atoms with Gasteiger partial charge in [0.15, 0.2) is 5.76 Å². The zero-order valence-corrected chi connectivity index (χ0v) is 20.7. The second-order valence-corrected chi connectivity index (χ2v) is 10.3. The monoisotopic (exact) mass is 491 g/mol. The normalized spacial score (nSPS) is 14.9. The molecule has 0 saturated carbocycles. The molecule has 0 atom stereocenters. The number of para-hydroxylation sites is 1. The van der Waals surface area contributed by atoms with E-state index < -0.39 is 0 Å². The molecule has 0 bridgehead atoms. The molecule has 0 radical (unpaired) electrons. The standard InChI is InChI=1S/C26H29N5O3S/c1-17-7-8-24(35-17)23-14-20(29-34-23)15-31-21-6-4-3-5-18(21)13-22(31)26(33)28-19-9-11-30(12-10-19)16-25(32)27-2/h3-8,13-14,19H,9-12,15-16H2,1-2H3,(H,27,32)(H,28,33). The molecule has 35 heavy (non-hydrogen) atoms.